The van der Waals surface area contributed by atoms with Gasteiger partial charge < -0.3 is 15.8 Å². The molecule has 1 heterocycles. The second kappa shape index (κ2) is 7.02. The molecule has 0 aliphatic rings. The lowest BCUT2D eigenvalue weighted by Crippen LogP contribution is -2.29. The zero-order valence-electron chi connectivity index (χ0n) is 10.4. The van der Waals surface area contributed by atoms with Gasteiger partial charge in [-0.3, -0.25) is 9.78 Å². The molecular weight excluding hydrogens is 272 g/mol. The number of nitrogens with zero attached hydrogens (tertiary/aromatic N) is 1. The number of anilines is 1. The van der Waals surface area contributed by atoms with Crippen LogP contribution in [0.2, 0.25) is 0 Å². The van der Waals surface area contributed by atoms with E-state index in [-0.39, 0.29) is 24.7 Å². The van der Waals surface area contributed by atoms with Gasteiger partial charge in [-0.1, -0.05) is 0 Å². The summed E-state index contributed by atoms with van der Waals surface area (Å²) in [5, 5.41) is 2.77. The van der Waals surface area contributed by atoms with Crippen molar-refractivity contribution in [3.63, 3.8) is 0 Å². The second-order valence-electron chi connectivity index (χ2n) is 3.54. The predicted molar refractivity (Wildman–Crippen MR) is 69.0 cm³/mol. The van der Waals surface area contributed by atoms with Crippen LogP contribution in [0.15, 0.2) is 23.4 Å². The van der Waals surface area contributed by atoms with Crippen molar-refractivity contribution in [3.05, 3.63) is 18.5 Å². The molecule has 0 aromatic carbocycles. The first-order valence-electron chi connectivity index (χ1n) is 5.45. The molecule has 0 atom stereocenters. The number of primary amides is 1. The Hall–Kier alpha value is -1.71. The Morgan fingerprint density at radius 3 is 2.89 bits per heavy atom. The number of pyridine rings is 1. The Kier molecular flexibility index (Phi) is 5.67. The molecule has 0 saturated carbocycles. The van der Waals surface area contributed by atoms with E-state index in [9.17, 15) is 13.2 Å². The summed E-state index contributed by atoms with van der Waals surface area (Å²) in [6.07, 6.45) is 2.74. The molecule has 8 nitrogen and oxygen atoms in total. The third-order valence-corrected chi connectivity index (χ3v) is 3.61. The SMILES string of the molecule is CNc1ccncc1S(=O)(=O)NCCOCC(N)=O. The molecule has 0 aliphatic carbocycles. The number of hydrogen-bond donors (Lipinski definition) is 3. The normalized spacial score (nSPS) is 11.2. The molecule has 0 radical (unpaired) electrons. The Bertz CT molecular complexity index is 532. The van der Waals surface area contributed by atoms with Crippen LogP contribution < -0.4 is 15.8 Å². The van der Waals surface area contributed by atoms with Crippen molar-refractivity contribution < 1.29 is 17.9 Å². The maximum Gasteiger partial charge on any atom is 0.244 e. The topological polar surface area (TPSA) is 123 Å². The largest absolute Gasteiger partial charge is 0.387 e. The van der Waals surface area contributed by atoms with E-state index < -0.39 is 15.9 Å². The molecule has 106 valence electrons. The number of sulfonamides is 1. The van der Waals surface area contributed by atoms with Gasteiger partial charge in [0.15, 0.2) is 0 Å². The first-order valence-corrected chi connectivity index (χ1v) is 6.93. The van der Waals surface area contributed by atoms with Gasteiger partial charge in [-0.25, -0.2) is 13.1 Å². The highest BCUT2D eigenvalue weighted by molar-refractivity contribution is 7.89. The highest BCUT2D eigenvalue weighted by Gasteiger charge is 2.17. The lowest BCUT2D eigenvalue weighted by atomic mass is 10.4. The highest BCUT2D eigenvalue weighted by atomic mass is 32.2. The summed E-state index contributed by atoms with van der Waals surface area (Å²) in [5.74, 6) is -0.604. The standard InChI is InChI=1S/C10H16N4O4S/c1-12-8-2-3-13-6-9(8)19(16,17)14-4-5-18-7-10(11)15/h2-3,6,14H,4-5,7H2,1H3,(H2,11,15)(H,12,13). The molecular formula is C10H16N4O4S. The summed E-state index contributed by atoms with van der Waals surface area (Å²) >= 11 is 0. The Morgan fingerprint density at radius 1 is 1.53 bits per heavy atom. The third-order valence-electron chi connectivity index (χ3n) is 2.13. The minimum absolute atomic E-state index is 0.0354. The minimum Gasteiger partial charge on any atom is -0.387 e. The maximum absolute atomic E-state index is 12.0. The first-order chi connectivity index (χ1) is 8.97. The summed E-state index contributed by atoms with van der Waals surface area (Å²) < 4.78 is 31.1. The van der Waals surface area contributed by atoms with Crippen molar-refractivity contribution in [3.8, 4) is 0 Å². The highest BCUT2D eigenvalue weighted by Crippen LogP contribution is 2.18. The van der Waals surface area contributed by atoms with E-state index in [1.165, 1.54) is 12.4 Å². The number of carbonyl (C=O) groups is 1. The van der Waals surface area contributed by atoms with E-state index in [1.54, 1.807) is 13.1 Å². The number of rotatable bonds is 8. The van der Waals surface area contributed by atoms with Crippen LogP contribution >= 0.6 is 0 Å². The van der Waals surface area contributed by atoms with Gasteiger partial charge >= 0.3 is 0 Å². The summed E-state index contributed by atoms with van der Waals surface area (Å²) in [7, 11) is -2.06. The van der Waals surface area contributed by atoms with Gasteiger partial charge in [0.05, 0.1) is 12.3 Å². The van der Waals surface area contributed by atoms with E-state index in [4.69, 9.17) is 10.5 Å². The molecule has 1 rings (SSSR count). The number of nitrogens with two attached hydrogens (primary N) is 1. The molecule has 19 heavy (non-hydrogen) atoms. The summed E-state index contributed by atoms with van der Waals surface area (Å²) in [4.78, 5) is 14.2. The quantitative estimate of drug-likeness (QED) is 0.522. The molecule has 9 heteroatoms. The van der Waals surface area contributed by atoms with Crippen molar-refractivity contribution in [1.29, 1.82) is 0 Å². The van der Waals surface area contributed by atoms with Crippen molar-refractivity contribution in [2.75, 3.05) is 32.1 Å². The predicted octanol–water partition coefficient (Wildman–Crippen LogP) is -1.10. The average molecular weight is 288 g/mol. The summed E-state index contributed by atoms with van der Waals surface area (Å²) in [6.45, 7) is -0.151. The molecule has 0 saturated heterocycles. The number of ether oxygens (including phenoxy) is 1. The van der Waals surface area contributed by atoms with Gasteiger partial charge in [0, 0.05) is 26.0 Å². The smallest absolute Gasteiger partial charge is 0.244 e. The van der Waals surface area contributed by atoms with Crippen molar-refractivity contribution in [2.24, 2.45) is 5.73 Å². The molecule has 1 aromatic rings. The fourth-order valence-corrected chi connectivity index (χ4v) is 2.47. The zero-order valence-corrected chi connectivity index (χ0v) is 11.2. The fourth-order valence-electron chi connectivity index (χ4n) is 1.30. The Morgan fingerprint density at radius 2 is 2.26 bits per heavy atom. The molecule has 1 aromatic heterocycles. The number of carbonyl (C=O) groups excluding carboxylic acids is 1. The van der Waals surface area contributed by atoms with Crippen molar-refractivity contribution in [1.82, 2.24) is 9.71 Å². The lowest BCUT2D eigenvalue weighted by Gasteiger charge is -2.10. The first kappa shape index (κ1) is 15.3. The number of amides is 1. The van der Waals surface area contributed by atoms with Crippen LogP contribution in [0.4, 0.5) is 5.69 Å². The van der Waals surface area contributed by atoms with E-state index in [1.807, 2.05) is 0 Å². The monoisotopic (exact) mass is 288 g/mol. The Labute approximate surface area is 111 Å². The molecule has 0 aliphatic heterocycles. The molecule has 0 unspecified atom stereocenters. The van der Waals surface area contributed by atoms with Crippen molar-refractivity contribution in [2.45, 2.75) is 4.90 Å². The van der Waals surface area contributed by atoms with E-state index >= 15 is 0 Å². The number of hydrogen-bond acceptors (Lipinski definition) is 6. The van der Waals surface area contributed by atoms with Gasteiger partial charge in [-0.15, -0.1) is 0 Å². The van der Waals surface area contributed by atoms with Crippen LogP contribution in [0.3, 0.4) is 0 Å². The van der Waals surface area contributed by atoms with Crippen molar-refractivity contribution >= 4 is 21.6 Å². The number of nitrogens with one attached hydrogen (secondary N) is 2. The van der Waals surface area contributed by atoms with Gasteiger partial charge in [-0.05, 0) is 6.07 Å². The third kappa shape index (κ3) is 4.81. The van der Waals surface area contributed by atoms with Gasteiger partial charge in [0.2, 0.25) is 15.9 Å². The molecule has 4 N–H and O–H groups in total. The lowest BCUT2D eigenvalue weighted by molar-refractivity contribution is -0.122. The van der Waals surface area contributed by atoms with Gasteiger partial charge in [0.1, 0.15) is 11.5 Å². The van der Waals surface area contributed by atoms with E-state index in [0.717, 1.165) is 0 Å². The van der Waals surface area contributed by atoms with E-state index in [2.05, 4.69) is 15.0 Å². The molecule has 1 amide bonds. The van der Waals surface area contributed by atoms with Crippen LogP contribution in [-0.4, -0.2) is 46.1 Å². The fraction of sp³-hybridized carbons (Fsp3) is 0.400. The van der Waals surface area contributed by atoms with Crippen LogP contribution in [0.5, 0.6) is 0 Å². The molecule has 0 spiro atoms. The van der Waals surface area contributed by atoms with Crippen LogP contribution in [0.25, 0.3) is 0 Å². The van der Waals surface area contributed by atoms with Gasteiger partial charge in [0.25, 0.3) is 0 Å². The summed E-state index contributed by atoms with van der Waals surface area (Å²) in [6, 6.07) is 1.55. The number of aromatic nitrogens is 1. The Balaban J connectivity index is 2.59. The zero-order chi connectivity index (χ0) is 14.3. The van der Waals surface area contributed by atoms with Crippen LogP contribution in [-0.2, 0) is 19.6 Å². The molecule has 0 fully saturated rings. The minimum atomic E-state index is -3.67. The van der Waals surface area contributed by atoms with Crippen LogP contribution in [0.1, 0.15) is 0 Å². The van der Waals surface area contributed by atoms with Crippen LogP contribution in [0, 0.1) is 0 Å². The van der Waals surface area contributed by atoms with Gasteiger partial charge in [-0.2, -0.15) is 0 Å². The maximum atomic E-state index is 12.0. The molecule has 0 bridgehead atoms. The summed E-state index contributed by atoms with van der Waals surface area (Å²) in [5.41, 5.74) is 5.32. The average Bonchev–Trinajstić information content (AvgIpc) is 2.37. The second-order valence-corrected chi connectivity index (χ2v) is 5.27. The van der Waals surface area contributed by atoms with E-state index in [0.29, 0.717) is 5.69 Å².